The van der Waals surface area contributed by atoms with Crippen molar-refractivity contribution in [2.45, 2.75) is 12.1 Å². The fraction of sp³-hybridized carbons (Fsp3) is 0.100. The number of ether oxygens (including phenoxy) is 1. The van der Waals surface area contributed by atoms with E-state index in [0.29, 0.717) is 16.8 Å². The summed E-state index contributed by atoms with van der Waals surface area (Å²) in [5, 5.41) is 2.61. The van der Waals surface area contributed by atoms with Gasteiger partial charge in [0.15, 0.2) is 6.10 Å². The summed E-state index contributed by atoms with van der Waals surface area (Å²) in [5.74, 6) is 4.51. The quantitative estimate of drug-likeness (QED) is 0.694. The number of hydrogen-bond donors (Lipinski definition) is 1. The van der Waals surface area contributed by atoms with Gasteiger partial charge in [-0.05, 0) is 41.8 Å². The van der Waals surface area contributed by atoms with E-state index in [0.717, 1.165) is 18.2 Å². The first kappa shape index (κ1) is 17.5. The van der Waals surface area contributed by atoms with E-state index < -0.39 is 29.9 Å². The number of carbonyl (C=O) groups excluding carboxylic acids is 1. The largest absolute Gasteiger partial charge is 0.439 e. The van der Waals surface area contributed by atoms with Crippen LogP contribution < -0.4 is 5.32 Å². The first-order chi connectivity index (χ1) is 13.6. The molecule has 3 heterocycles. The van der Waals surface area contributed by atoms with Gasteiger partial charge in [-0.15, -0.1) is 0 Å². The van der Waals surface area contributed by atoms with E-state index in [2.05, 4.69) is 32.1 Å². The molecule has 1 saturated heterocycles. The summed E-state index contributed by atoms with van der Waals surface area (Å²) in [6.07, 6.45) is 4.27. The van der Waals surface area contributed by atoms with Crippen LogP contribution in [0.15, 0.2) is 55.2 Å². The Morgan fingerprint density at radius 2 is 1.96 bits per heavy atom. The van der Waals surface area contributed by atoms with Crippen LogP contribution in [0, 0.1) is 23.5 Å². The molecular weight excluding hydrogens is 366 g/mol. The molecule has 28 heavy (non-hydrogen) atoms. The van der Waals surface area contributed by atoms with E-state index in [1.54, 1.807) is 24.5 Å². The molecule has 1 amide bonds. The van der Waals surface area contributed by atoms with Crippen molar-refractivity contribution in [3.8, 4) is 11.8 Å². The van der Waals surface area contributed by atoms with Crippen LogP contribution in [0.4, 0.5) is 13.6 Å². The smallest absolute Gasteiger partial charge is 0.408 e. The van der Waals surface area contributed by atoms with Gasteiger partial charge in [0.05, 0.1) is 0 Å². The SMILES string of the molecule is O=C1NC(c2cncc(C#Cc3ccncn3)c2)C(c2cc(F)ccc2F)O1. The molecule has 1 aliphatic heterocycles. The van der Waals surface area contributed by atoms with Crippen LogP contribution in [-0.2, 0) is 4.74 Å². The van der Waals surface area contributed by atoms with Crippen LogP contribution in [0.3, 0.4) is 0 Å². The van der Waals surface area contributed by atoms with Crippen LogP contribution in [0.5, 0.6) is 0 Å². The molecule has 0 saturated carbocycles. The van der Waals surface area contributed by atoms with Gasteiger partial charge in [0.1, 0.15) is 29.7 Å². The highest BCUT2D eigenvalue weighted by molar-refractivity contribution is 5.71. The number of carbonyl (C=O) groups is 1. The van der Waals surface area contributed by atoms with Gasteiger partial charge in [-0.3, -0.25) is 4.98 Å². The Morgan fingerprint density at radius 1 is 1.07 bits per heavy atom. The fourth-order valence-electron chi connectivity index (χ4n) is 2.85. The number of pyridine rings is 1. The summed E-state index contributed by atoms with van der Waals surface area (Å²) in [6, 6.07) is 5.64. The Bertz CT molecular complexity index is 1100. The highest BCUT2D eigenvalue weighted by Crippen LogP contribution is 2.37. The van der Waals surface area contributed by atoms with E-state index in [1.807, 2.05) is 0 Å². The molecule has 2 unspecified atom stereocenters. The maximum atomic E-state index is 14.2. The van der Waals surface area contributed by atoms with Crippen molar-refractivity contribution in [2.75, 3.05) is 0 Å². The maximum Gasteiger partial charge on any atom is 0.408 e. The standard InChI is InChI=1S/C20H12F2N4O2/c21-14-2-4-17(22)16(8-14)19-18(26-20(27)28-19)13-7-12(9-24-10-13)1-3-15-5-6-23-11-25-15/h2,4-11,18-19H,(H,26,27). The lowest BCUT2D eigenvalue weighted by Gasteiger charge is -2.18. The molecule has 8 heteroatoms. The summed E-state index contributed by atoms with van der Waals surface area (Å²) in [5.41, 5.74) is 1.60. The van der Waals surface area contributed by atoms with Gasteiger partial charge in [0.2, 0.25) is 0 Å². The number of nitrogens with one attached hydrogen (secondary N) is 1. The normalized spacial score (nSPS) is 18.0. The number of aromatic nitrogens is 3. The minimum atomic E-state index is -1.03. The van der Waals surface area contributed by atoms with Crippen molar-refractivity contribution >= 4 is 6.09 Å². The summed E-state index contributed by atoms with van der Waals surface area (Å²) in [4.78, 5) is 23.8. The molecule has 1 aromatic carbocycles. The van der Waals surface area contributed by atoms with Gasteiger partial charge in [0, 0.05) is 29.7 Å². The van der Waals surface area contributed by atoms with E-state index in [4.69, 9.17) is 4.74 Å². The van der Waals surface area contributed by atoms with E-state index in [-0.39, 0.29) is 5.56 Å². The topological polar surface area (TPSA) is 77.0 Å². The van der Waals surface area contributed by atoms with Crippen molar-refractivity contribution in [2.24, 2.45) is 0 Å². The van der Waals surface area contributed by atoms with Crippen LogP contribution in [0.1, 0.15) is 34.5 Å². The number of alkyl carbamates (subject to hydrolysis) is 1. The molecule has 138 valence electrons. The van der Waals surface area contributed by atoms with Gasteiger partial charge < -0.3 is 10.1 Å². The van der Waals surface area contributed by atoms with Gasteiger partial charge in [-0.2, -0.15) is 0 Å². The second-order valence-electron chi connectivity index (χ2n) is 5.97. The Balaban J connectivity index is 1.67. The molecule has 1 aliphatic rings. The van der Waals surface area contributed by atoms with Crippen LogP contribution in [0.25, 0.3) is 0 Å². The molecular formula is C20H12F2N4O2. The van der Waals surface area contributed by atoms with E-state index in [1.165, 1.54) is 12.5 Å². The van der Waals surface area contributed by atoms with Crippen molar-refractivity contribution < 1.29 is 18.3 Å². The minimum absolute atomic E-state index is 0.0548. The average Bonchev–Trinajstić information content (AvgIpc) is 3.11. The molecule has 1 fully saturated rings. The van der Waals surface area contributed by atoms with Gasteiger partial charge in [-0.25, -0.2) is 23.5 Å². The zero-order valence-electron chi connectivity index (χ0n) is 14.3. The Morgan fingerprint density at radius 3 is 2.79 bits per heavy atom. The van der Waals surface area contributed by atoms with Gasteiger partial charge in [0.25, 0.3) is 0 Å². The first-order valence-electron chi connectivity index (χ1n) is 8.25. The van der Waals surface area contributed by atoms with Crippen LogP contribution in [-0.4, -0.2) is 21.0 Å². The Labute approximate surface area is 158 Å². The lowest BCUT2D eigenvalue weighted by molar-refractivity contribution is 0.130. The van der Waals surface area contributed by atoms with Gasteiger partial charge >= 0.3 is 6.09 Å². The molecule has 0 radical (unpaired) electrons. The molecule has 2 atom stereocenters. The third kappa shape index (κ3) is 3.64. The first-order valence-corrected chi connectivity index (χ1v) is 8.25. The van der Waals surface area contributed by atoms with E-state index in [9.17, 15) is 13.6 Å². The number of cyclic esters (lactones) is 1. The molecule has 0 bridgehead atoms. The molecule has 2 aromatic heterocycles. The third-order valence-corrected chi connectivity index (χ3v) is 4.11. The van der Waals surface area contributed by atoms with Crippen molar-refractivity contribution in [3.63, 3.8) is 0 Å². The second-order valence-corrected chi connectivity index (χ2v) is 5.97. The van der Waals surface area contributed by atoms with Crippen molar-refractivity contribution in [3.05, 3.63) is 89.3 Å². The summed E-state index contributed by atoms with van der Waals surface area (Å²) >= 11 is 0. The number of nitrogens with zero attached hydrogens (tertiary/aromatic N) is 3. The molecule has 0 aliphatic carbocycles. The number of hydrogen-bond acceptors (Lipinski definition) is 5. The highest BCUT2D eigenvalue weighted by Gasteiger charge is 2.38. The van der Waals surface area contributed by atoms with E-state index >= 15 is 0 Å². The number of halogens is 2. The Kier molecular flexibility index (Phi) is 4.64. The molecule has 4 rings (SSSR count). The number of rotatable bonds is 2. The summed E-state index contributed by atoms with van der Waals surface area (Å²) < 4.78 is 33.0. The third-order valence-electron chi connectivity index (χ3n) is 4.11. The zero-order chi connectivity index (χ0) is 19.5. The average molecular weight is 378 g/mol. The van der Waals surface area contributed by atoms with Gasteiger partial charge in [-0.1, -0.05) is 5.92 Å². The molecule has 6 nitrogen and oxygen atoms in total. The molecule has 3 aromatic rings. The Hall–Kier alpha value is -3.86. The minimum Gasteiger partial charge on any atom is -0.439 e. The van der Waals surface area contributed by atoms with Crippen molar-refractivity contribution in [1.82, 2.24) is 20.3 Å². The molecule has 1 N–H and O–H groups in total. The predicted octanol–water partition coefficient (Wildman–Crippen LogP) is 3.07. The van der Waals surface area contributed by atoms with Crippen LogP contribution in [0.2, 0.25) is 0 Å². The lowest BCUT2D eigenvalue weighted by Crippen LogP contribution is -2.20. The highest BCUT2D eigenvalue weighted by atomic mass is 19.1. The van der Waals surface area contributed by atoms with Crippen LogP contribution >= 0.6 is 0 Å². The fourth-order valence-corrected chi connectivity index (χ4v) is 2.85. The predicted molar refractivity (Wildman–Crippen MR) is 93.7 cm³/mol. The summed E-state index contributed by atoms with van der Waals surface area (Å²) in [6.45, 7) is 0. The number of amides is 1. The zero-order valence-corrected chi connectivity index (χ0v) is 14.3. The molecule has 0 spiro atoms. The summed E-state index contributed by atoms with van der Waals surface area (Å²) in [7, 11) is 0. The second kappa shape index (κ2) is 7.40. The number of benzene rings is 1. The maximum absolute atomic E-state index is 14.2. The van der Waals surface area contributed by atoms with Crippen molar-refractivity contribution in [1.29, 1.82) is 0 Å². The monoisotopic (exact) mass is 378 g/mol. The lowest BCUT2D eigenvalue weighted by atomic mass is 9.96.